The zero-order valence-electron chi connectivity index (χ0n) is 12.5. The molecule has 6 nitrogen and oxygen atoms in total. The van der Waals surface area contributed by atoms with Crippen molar-refractivity contribution in [2.75, 3.05) is 13.2 Å². The summed E-state index contributed by atoms with van der Waals surface area (Å²) in [7, 11) is 0. The number of rotatable bonds is 7. The van der Waals surface area contributed by atoms with Crippen molar-refractivity contribution in [3.63, 3.8) is 0 Å². The molecule has 0 aliphatic rings. The molecule has 21 heavy (non-hydrogen) atoms. The molecule has 1 unspecified atom stereocenters. The molecule has 1 atom stereocenters. The zero-order valence-corrected chi connectivity index (χ0v) is 12.5. The normalized spacial score (nSPS) is 12.6. The molecule has 6 heteroatoms. The molecule has 0 spiro atoms. The van der Waals surface area contributed by atoms with Crippen molar-refractivity contribution in [3.05, 3.63) is 41.7 Å². The van der Waals surface area contributed by atoms with Crippen molar-refractivity contribution >= 4 is 5.91 Å². The molecule has 0 radical (unpaired) electrons. The van der Waals surface area contributed by atoms with Gasteiger partial charge in [-0.05, 0) is 25.0 Å². The second-order valence-electron chi connectivity index (χ2n) is 5.31. The van der Waals surface area contributed by atoms with Crippen LogP contribution < -0.4 is 5.32 Å². The summed E-state index contributed by atoms with van der Waals surface area (Å²) in [5.41, 5.74) is 0.658. The van der Waals surface area contributed by atoms with Crippen molar-refractivity contribution in [1.29, 1.82) is 0 Å². The van der Waals surface area contributed by atoms with Crippen LogP contribution in [0.5, 0.6) is 0 Å². The molecule has 2 heterocycles. The minimum absolute atomic E-state index is 0.174. The number of carbonyl (C=O) groups excluding carboxylic acids is 1. The monoisotopic (exact) mass is 292 g/mol. The number of nitrogens with zero attached hydrogens (tertiary/aromatic N) is 1. The molecule has 2 aromatic rings. The molecule has 2 aromatic heterocycles. The first kappa shape index (κ1) is 15.3. The van der Waals surface area contributed by atoms with Gasteiger partial charge in [0.15, 0.2) is 0 Å². The van der Waals surface area contributed by atoms with E-state index >= 15 is 0 Å². The van der Waals surface area contributed by atoms with E-state index in [4.69, 9.17) is 13.7 Å². The maximum absolute atomic E-state index is 12.1. The van der Waals surface area contributed by atoms with Crippen molar-refractivity contribution in [1.82, 2.24) is 10.5 Å². The molecule has 0 saturated carbocycles. The van der Waals surface area contributed by atoms with Crippen molar-refractivity contribution in [3.8, 4) is 0 Å². The Labute approximate surface area is 123 Å². The van der Waals surface area contributed by atoms with Crippen LogP contribution in [0.3, 0.4) is 0 Å². The van der Waals surface area contributed by atoms with Crippen LogP contribution in [0.25, 0.3) is 0 Å². The summed E-state index contributed by atoms with van der Waals surface area (Å²) >= 11 is 0. The molecule has 1 N–H and O–H groups in total. The fourth-order valence-electron chi connectivity index (χ4n) is 1.81. The van der Waals surface area contributed by atoms with Crippen LogP contribution in [-0.4, -0.2) is 24.3 Å². The lowest BCUT2D eigenvalue weighted by Gasteiger charge is -2.16. The lowest BCUT2D eigenvalue weighted by Crippen LogP contribution is -2.31. The quantitative estimate of drug-likeness (QED) is 0.849. The van der Waals surface area contributed by atoms with E-state index in [1.165, 1.54) is 0 Å². The van der Waals surface area contributed by atoms with Crippen LogP contribution in [0.4, 0.5) is 0 Å². The van der Waals surface area contributed by atoms with Crippen LogP contribution in [-0.2, 0) is 4.74 Å². The Bertz CT molecular complexity index is 560. The number of aromatic nitrogens is 1. The smallest absolute Gasteiger partial charge is 0.290 e. The number of ether oxygens (including phenoxy) is 1. The molecule has 0 saturated heterocycles. The summed E-state index contributed by atoms with van der Waals surface area (Å²) in [4.78, 5) is 12.1. The highest BCUT2D eigenvalue weighted by Gasteiger charge is 2.21. The maximum atomic E-state index is 12.1. The highest BCUT2D eigenvalue weighted by molar-refractivity contribution is 5.91. The van der Waals surface area contributed by atoms with E-state index in [1.54, 1.807) is 31.4 Å². The van der Waals surface area contributed by atoms with Gasteiger partial charge in [-0.3, -0.25) is 4.79 Å². The van der Waals surface area contributed by atoms with Gasteiger partial charge >= 0.3 is 0 Å². The summed E-state index contributed by atoms with van der Waals surface area (Å²) in [5, 5.41) is 6.53. The van der Waals surface area contributed by atoms with Crippen molar-refractivity contribution in [2.24, 2.45) is 5.92 Å². The molecular weight excluding hydrogens is 272 g/mol. The Morgan fingerprint density at radius 1 is 1.43 bits per heavy atom. The van der Waals surface area contributed by atoms with Gasteiger partial charge < -0.3 is 19.0 Å². The van der Waals surface area contributed by atoms with Crippen LogP contribution in [0.2, 0.25) is 0 Å². The summed E-state index contributed by atoms with van der Waals surface area (Å²) in [6.45, 7) is 6.85. The van der Waals surface area contributed by atoms with Gasteiger partial charge in [-0.15, -0.1) is 0 Å². The third kappa shape index (κ3) is 4.46. The molecule has 0 aromatic carbocycles. The number of hydrogen-bond acceptors (Lipinski definition) is 5. The third-order valence-corrected chi connectivity index (χ3v) is 2.78. The fourth-order valence-corrected chi connectivity index (χ4v) is 1.81. The Hall–Kier alpha value is -2.08. The predicted molar refractivity (Wildman–Crippen MR) is 75.8 cm³/mol. The minimum atomic E-state index is -0.364. The second-order valence-corrected chi connectivity index (χ2v) is 5.31. The first-order valence-corrected chi connectivity index (χ1v) is 6.91. The molecule has 0 aliphatic carbocycles. The molecule has 2 rings (SSSR count). The molecular formula is C15H20N2O4. The first-order chi connectivity index (χ1) is 10.1. The number of aryl methyl sites for hydroxylation is 1. The lowest BCUT2D eigenvalue weighted by atomic mass is 10.2. The molecule has 0 bridgehead atoms. The van der Waals surface area contributed by atoms with E-state index < -0.39 is 0 Å². The van der Waals surface area contributed by atoms with E-state index in [1.807, 2.05) is 0 Å². The van der Waals surface area contributed by atoms with Gasteiger partial charge in [0.2, 0.25) is 5.76 Å². The van der Waals surface area contributed by atoms with E-state index in [9.17, 15) is 4.79 Å². The zero-order chi connectivity index (χ0) is 15.2. The highest BCUT2D eigenvalue weighted by atomic mass is 16.5. The number of nitrogens with one attached hydrogen (secondary N) is 1. The minimum Gasteiger partial charge on any atom is -0.467 e. The van der Waals surface area contributed by atoms with E-state index in [0.29, 0.717) is 30.6 Å². The molecule has 114 valence electrons. The van der Waals surface area contributed by atoms with Crippen LogP contribution >= 0.6 is 0 Å². The van der Waals surface area contributed by atoms with E-state index in [-0.39, 0.29) is 17.7 Å². The van der Waals surface area contributed by atoms with Gasteiger partial charge in [0.05, 0.1) is 18.6 Å². The third-order valence-electron chi connectivity index (χ3n) is 2.78. The molecule has 0 aliphatic heterocycles. The average molecular weight is 292 g/mol. The Balaban J connectivity index is 2.00. The number of furan rings is 1. The Morgan fingerprint density at radius 3 is 2.81 bits per heavy atom. The predicted octanol–water partition coefficient (Wildman–Crippen LogP) is 2.72. The van der Waals surface area contributed by atoms with Gasteiger partial charge in [0.25, 0.3) is 5.91 Å². The standard InChI is InChI=1S/C15H20N2O4/c1-10(2)8-19-9-12(13-5-4-6-20-13)16-15(18)14-7-11(3)17-21-14/h4-7,10,12H,8-9H2,1-3H3,(H,16,18). The Kier molecular flexibility index (Phi) is 5.16. The second kappa shape index (κ2) is 7.08. The maximum Gasteiger partial charge on any atom is 0.290 e. The van der Waals surface area contributed by atoms with Crippen LogP contribution in [0.1, 0.15) is 41.9 Å². The number of hydrogen-bond donors (Lipinski definition) is 1. The number of carbonyl (C=O) groups is 1. The number of amides is 1. The van der Waals surface area contributed by atoms with Crippen molar-refractivity contribution in [2.45, 2.75) is 26.8 Å². The molecule has 1 amide bonds. The van der Waals surface area contributed by atoms with Gasteiger partial charge in [0, 0.05) is 12.7 Å². The first-order valence-electron chi connectivity index (χ1n) is 6.91. The fraction of sp³-hybridized carbons (Fsp3) is 0.467. The van der Waals surface area contributed by atoms with Crippen molar-refractivity contribution < 1.29 is 18.5 Å². The van der Waals surface area contributed by atoms with Gasteiger partial charge in [0.1, 0.15) is 11.8 Å². The SMILES string of the molecule is Cc1cc(C(=O)NC(COCC(C)C)c2ccco2)on1. The van der Waals surface area contributed by atoms with Gasteiger partial charge in [-0.1, -0.05) is 19.0 Å². The van der Waals surface area contributed by atoms with Crippen LogP contribution in [0.15, 0.2) is 33.4 Å². The summed E-state index contributed by atoms with van der Waals surface area (Å²) < 4.78 is 15.9. The summed E-state index contributed by atoms with van der Waals surface area (Å²) in [5.74, 6) is 0.899. The average Bonchev–Trinajstić information content (AvgIpc) is 3.08. The topological polar surface area (TPSA) is 77.5 Å². The summed E-state index contributed by atoms with van der Waals surface area (Å²) in [6.07, 6.45) is 1.57. The highest BCUT2D eigenvalue weighted by Crippen LogP contribution is 2.15. The van der Waals surface area contributed by atoms with E-state index in [0.717, 1.165) is 0 Å². The lowest BCUT2D eigenvalue weighted by molar-refractivity contribution is 0.0710. The van der Waals surface area contributed by atoms with Crippen LogP contribution in [0, 0.1) is 12.8 Å². The van der Waals surface area contributed by atoms with Gasteiger partial charge in [-0.2, -0.15) is 0 Å². The van der Waals surface area contributed by atoms with E-state index in [2.05, 4.69) is 24.3 Å². The molecule has 0 fully saturated rings. The Morgan fingerprint density at radius 2 is 2.24 bits per heavy atom. The summed E-state index contributed by atoms with van der Waals surface area (Å²) in [6, 6.07) is 4.80. The van der Waals surface area contributed by atoms with Gasteiger partial charge in [-0.25, -0.2) is 0 Å². The largest absolute Gasteiger partial charge is 0.467 e.